The van der Waals surface area contributed by atoms with E-state index in [9.17, 15) is 8.42 Å². The quantitative estimate of drug-likeness (QED) is 0.878. The lowest BCUT2D eigenvalue weighted by Gasteiger charge is -2.06. The van der Waals surface area contributed by atoms with Gasteiger partial charge in [-0.2, -0.15) is 4.72 Å². The van der Waals surface area contributed by atoms with Crippen LogP contribution in [0.1, 0.15) is 6.92 Å². The summed E-state index contributed by atoms with van der Waals surface area (Å²) in [7, 11) is -3.56. The maximum atomic E-state index is 12.0. The smallest absolute Gasteiger partial charge is 0.251 e. The fraction of sp³-hybridized carbons (Fsp3) is 0.154. The van der Waals surface area contributed by atoms with Crippen molar-refractivity contribution in [2.45, 2.75) is 17.2 Å². The Bertz CT molecular complexity index is 700. The normalized spacial score (nSPS) is 12.8. The number of aromatic nitrogens is 1. The van der Waals surface area contributed by atoms with E-state index in [1.165, 1.54) is 0 Å². The Morgan fingerprint density at radius 3 is 2.79 bits per heavy atom. The van der Waals surface area contributed by atoms with Gasteiger partial charge in [-0.1, -0.05) is 12.0 Å². The first-order valence-corrected chi connectivity index (χ1v) is 7.82. The lowest BCUT2D eigenvalue weighted by atomic mass is 10.3. The Labute approximate surface area is 116 Å². The van der Waals surface area contributed by atoms with Crippen LogP contribution in [0.5, 0.6) is 0 Å². The number of hydrogen-bond donors (Lipinski definition) is 1. The fourth-order valence-electron chi connectivity index (χ4n) is 1.44. The molecule has 2 rings (SSSR count). The molecule has 19 heavy (non-hydrogen) atoms. The van der Waals surface area contributed by atoms with Gasteiger partial charge in [0.1, 0.15) is 4.21 Å². The number of nitrogens with one attached hydrogen (secondary N) is 1. The lowest BCUT2D eigenvalue weighted by Crippen LogP contribution is -2.30. The van der Waals surface area contributed by atoms with Crippen molar-refractivity contribution in [2.75, 3.05) is 0 Å². The molecule has 0 spiro atoms. The van der Waals surface area contributed by atoms with Gasteiger partial charge in [-0.15, -0.1) is 17.8 Å². The average molecular weight is 292 g/mol. The minimum Gasteiger partial charge on any atom is -0.255 e. The van der Waals surface area contributed by atoms with Crippen molar-refractivity contribution in [2.24, 2.45) is 0 Å². The van der Waals surface area contributed by atoms with E-state index in [1.807, 2.05) is 18.2 Å². The van der Waals surface area contributed by atoms with Crippen molar-refractivity contribution in [1.29, 1.82) is 0 Å². The molecule has 4 nitrogen and oxygen atoms in total. The molecule has 1 atom stereocenters. The Hall–Kier alpha value is -1.68. The summed E-state index contributed by atoms with van der Waals surface area (Å²) in [4.78, 5) is 4.98. The van der Waals surface area contributed by atoms with Crippen LogP contribution in [0.3, 0.4) is 0 Å². The molecule has 1 N–H and O–H groups in total. The van der Waals surface area contributed by atoms with E-state index in [2.05, 4.69) is 15.6 Å². The van der Waals surface area contributed by atoms with E-state index in [-0.39, 0.29) is 4.21 Å². The third kappa shape index (κ3) is 3.20. The maximum absolute atomic E-state index is 12.0. The van der Waals surface area contributed by atoms with E-state index in [4.69, 9.17) is 6.42 Å². The van der Waals surface area contributed by atoms with Crippen LogP contribution in [-0.4, -0.2) is 19.4 Å². The van der Waals surface area contributed by atoms with Gasteiger partial charge < -0.3 is 0 Å². The van der Waals surface area contributed by atoms with Gasteiger partial charge in [0, 0.05) is 6.20 Å². The summed E-state index contributed by atoms with van der Waals surface area (Å²) in [5.41, 5.74) is 0.749. The number of sulfonamides is 1. The summed E-state index contributed by atoms with van der Waals surface area (Å²) < 4.78 is 26.7. The number of hydrogen-bond acceptors (Lipinski definition) is 4. The maximum Gasteiger partial charge on any atom is 0.251 e. The van der Waals surface area contributed by atoms with E-state index in [1.54, 1.807) is 25.3 Å². The van der Waals surface area contributed by atoms with Crippen molar-refractivity contribution in [1.82, 2.24) is 9.71 Å². The van der Waals surface area contributed by atoms with Crippen LogP contribution < -0.4 is 4.72 Å². The van der Waals surface area contributed by atoms with Crippen LogP contribution in [0.15, 0.2) is 40.7 Å². The molecule has 2 heterocycles. The van der Waals surface area contributed by atoms with Gasteiger partial charge in [0.15, 0.2) is 0 Å². The Balaban J connectivity index is 2.30. The molecule has 0 radical (unpaired) electrons. The predicted octanol–water partition coefficient (Wildman–Crippen LogP) is 2.11. The van der Waals surface area contributed by atoms with Gasteiger partial charge in [0.05, 0.1) is 16.6 Å². The van der Waals surface area contributed by atoms with Crippen molar-refractivity contribution in [3.63, 3.8) is 0 Å². The molecular formula is C13H12N2O2S2. The molecular weight excluding hydrogens is 280 g/mol. The standard InChI is InChI=1S/C13H12N2O2S2/c1-3-10(2)15-19(16,17)13-8-7-12(18-13)11-6-4-5-9-14-11/h1,4-10,15H,2H3/t10-/m1/s1. The van der Waals surface area contributed by atoms with Gasteiger partial charge >= 0.3 is 0 Å². The topological polar surface area (TPSA) is 59.1 Å². The van der Waals surface area contributed by atoms with Gasteiger partial charge in [0.25, 0.3) is 10.0 Å². The first-order valence-electron chi connectivity index (χ1n) is 5.52. The van der Waals surface area contributed by atoms with Crippen LogP contribution in [0.25, 0.3) is 10.6 Å². The molecule has 0 unspecified atom stereocenters. The summed E-state index contributed by atoms with van der Waals surface area (Å²) in [5, 5.41) is 0. The van der Waals surface area contributed by atoms with Crippen LogP contribution in [0, 0.1) is 12.3 Å². The largest absolute Gasteiger partial charge is 0.255 e. The monoisotopic (exact) mass is 292 g/mol. The van der Waals surface area contributed by atoms with Gasteiger partial charge in [-0.05, 0) is 31.2 Å². The molecule has 6 heteroatoms. The molecule has 0 fully saturated rings. The summed E-state index contributed by atoms with van der Waals surface area (Å²) in [6.45, 7) is 1.62. The summed E-state index contributed by atoms with van der Waals surface area (Å²) in [5.74, 6) is 2.33. The van der Waals surface area contributed by atoms with E-state index in [0.717, 1.165) is 21.9 Å². The number of nitrogens with zero attached hydrogens (tertiary/aromatic N) is 1. The minimum absolute atomic E-state index is 0.232. The summed E-state index contributed by atoms with van der Waals surface area (Å²) >= 11 is 1.16. The number of pyridine rings is 1. The molecule has 0 aromatic carbocycles. The first kappa shape index (κ1) is 13.7. The zero-order valence-corrected chi connectivity index (χ0v) is 11.8. The number of rotatable bonds is 4. The highest BCUT2D eigenvalue weighted by atomic mass is 32.2. The van der Waals surface area contributed by atoms with E-state index < -0.39 is 16.1 Å². The molecule has 2 aromatic rings. The highest BCUT2D eigenvalue weighted by Crippen LogP contribution is 2.29. The van der Waals surface area contributed by atoms with Gasteiger partial charge in [-0.25, -0.2) is 8.42 Å². The summed E-state index contributed by atoms with van der Waals surface area (Å²) in [6, 6.07) is 8.26. The van der Waals surface area contributed by atoms with Crippen molar-refractivity contribution < 1.29 is 8.42 Å². The number of thiophene rings is 1. The van der Waals surface area contributed by atoms with Crippen molar-refractivity contribution >= 4 is 21.4 Å². The second-order valence-corrected chi connectivity index (χ2v) is 6.87. The SMILES string of the molecule is C#C[C@@H](C)NS(=O)(=O)c1ccc(-c2ccccn2)s1. The molecule has 0 amide bonds. The zero-order chi connectivity index (χ0) is 13.9. The third-order valence-electron chi connectivity index (χ3n) is 2.35. The zero-order valence-electron chi connectivity index (χ0n) is 10.2. The molecule has 0 aliphatic carbocycles. The molecule has 0 saturated heterocycles. The van der Waals surface area contributed by atoms with Crippen molar-refractivity contribution in [3.8, 4) is 22.9 Å². The highest BCUT2D eigenvalue weighted by Gasteiger charge is 2.19. The molecule has 0 saturated carbocycles. The fourth-order valence-corrected chi connectivity index (χ4v) is 3.90. The molecule has 2 aromatic heterocycles. The van der Waals surface area contributed by atoms with Gasteiger partial charge in [0.2, 0.25) is 0 Å². The first-order chi connectivity index (χ1) is 9.03. The highest BCUT2D eigenvalue weighted by molar-refractivity contribution is 7.91. The van der Waals surface area contributed by atoms with Crippen LogP contribution >= 0.6 is 11.3 Å². The van der Waals surface area contributed by atoms with Crippen LogP contribution in [0.4, 0.5) is 0 Å². The molecule has 0 aliphatic rings. The Morgan fingerprint density at radius 2 is 2.16 bits per heavy atom. The molecule has 0 aliphatic heterocycles. The Morgan fingerprint density at radius 1 is 1.37 bits per heavy atom. The van der Waals surface area contributed by atoms with E-state index >= 15 is 0 Å². The number of terminal acetylenes is 1. The van der Waals surface area contributed by atoms with E-state index in [0.29, 0.717) is 0 Å². The second-order valence-electron chi connectivity index (χ2n) is 3.84. The Kier molecular flexibility index (Phi) is 4.00. The summed E-state index contributed by atoms with van der Waals surface area (Å²) in [6.07, 6.45) is 6.84. The third-order valence-corrected chi connectivity index (χ3v) is 5.49. The second kappa shape index (κ2) is 5.53. The van der Waals surface area contributed by atoms with Gasteiger partial charge in [-0.3, -0.25) is 4.98 Å². The van der Waals surface area contributed by atoms with Crippen molar-refractivity contribution in [3.05, 3.63) is 36.5 Å². The lowest BCUT2D eigenvalue weighted by molar-refractivity contribution is 0.580. The van der Waals surface area contributed by atoms with Crippen LogP contribution in [0.2, 0.25) is 0 Å². The molecule has 0 bridgehead atoms. The molecule has 98 valence electrons. The average Bonchev–Trinajstić information content (AvgIpc) is 2.89. The minimum atomic E-state index is -3.56. The van der Waals surface area contributed by atoms with Crippen LogP contribution in [-0.2, 0) is 10.0 Å². The predicted molar refractivity (Wildman–Crippen MR) is 76.2 cm³/mol.